The summed E-state index contributed by atoms with van der Waals surface area (Å²) in [6.45, 7) is 5.84. The Kier molecular flexibility index (Phi) is 3.17. The van der Waals surface area contributed by atoms with E-state index in [9.17, 15) is 4.79 Å². The molecule has 0 radical (unpaired) electrons. The predicted octanol–water partition coefficient (Wildman–Crippen LogP) is 2.98. The minimum atomic E-state index is -0.0341. The Morgan fingerprint density at radius 3 is 2.95 bits per heavy atom. The Labute approximate surface area is 122 Å². The number of carbonyl (C=O) groups excluding carboxylic acids is 1. The predicted molar refractivity (Wildman–Crippen MR) is 83.1 cm³/mol. The van der Waals surface area contributed by atoms with Gasteiger partial charge in [0.05, 0.1) is 0 Å². The Balaban J connectivity index is 1.88. The summed E-state index contributed by atoms with van der Waals surface area (Å²) in [7, 11) is 0. The molecule has 1 amide bonds. The van der Waals surface area contributed by atoms with Gasteiger partial charge < -0.3 is 15.1 Å². The molecule has 0 atom stereocenters. The summed E-state index contributed by atoms with van der Waals surface area (Å²) in [4.78, 5) is 14.4. The number of anilines is 1. The second-order valence-electron chi connectivity index (χ2n) is 5.74. The van der Waals surface area contributed by atoms with Crippen molar-refractivity contribution >= 4 is 34.3 Å². The number of nitrogens with two attached hydrogens (primary N) is 1. The molecule has 3 rings (SSSR count). The normalized spacial score (nSPS) is 18.4. The lowest BCUT2D eigenvalue weighted by Crippen LogP contribution is -2.46. The molecule has 20 heavy (non-hydrogen) atoms. The number of nitrogen functional groups attached to an aromatic ring is 1. The van der Waals surface area contributed by atoms with Gasteiger partial charge in [0.15, 0.2) is 5.76 Å². The molecule has 0 bridgehead atoms. The zero-order valence-electron chi connectivity index (χ0n) is 11.7. The van der Waals surface area contributed by atoms with Crippen LogP contribution >= 0.6 is 11.8 Å². The minimum Gasteiger partial charge on any atom is -0.451 e. The maximum absolute atomic E-state index is 12.5. The third-order valence-corrected chi connectivity index (χ3v) is 4.76. The van der Waals surface area contributed by atoms with Crippen LogP contribution in [-0.2, 0) is 0 Å². The number of hydrogen-bond acceptors (Lipinski definition) is 4. The molecule has 0 saturated carbocycles. The second kappa shape index (κ2) is 4.74. The molecule has 1 aliphatic rings. The standard InChI is InChI=1S/C15H18N2O2S/c1-15(2)9-17(5-6-20-15)14(18)13-8-10-7-11(16)3-4-12(10)19-13/h3-4,7-8H,5-6,9,16H2,1-2H3. The number of hydrogen-bond donors (Lipinski definition) is 1. The Bertz CT molecular complexity index is 663. The average Bonchev–Trinajstić information content (AvgIpc) is 2.79. The van der Waals surface area contributed by atoms with Crippen LogP contribution in [0.15, 0.2) is 28.7 Å². The number of fused-ring (bicyclic) bond motifs is 1. The summed E-state index contributed by atoms with van der Waals surface area (Å²) < 4.78 is 5.75. The monoisotopic (exact) mass is 290 g/mol. The second-order valence-corrected chi connectivity index (χ2v) is 7.54. The maximum atomic E-state index is 12.5. The van der Waals surface area contributed by atoms with E-state index in [0.29, 0.717) is 17.0 Å². The first-order valence-electron chi connectivity index (χ1n) is 6.67. The highest BCUT2D eigenvalue weighted by molar-refractivity contribution is 8.00. The number of benzene rings is 1. The van der Waals surface area contributed by atoms with Gasteiger partial charge in [-0.05, 0) is 38.1 Å². The van der Waals surface area contributed by atoms with Crippen LogP contribution in [0, 0.1) is 0 Å². The summed E-state index contributed by atoms with van der Waals surface area (Å²) in [5, 5.41) is 0.874. The van der Waals surface area contributed by atoms with E-state index in [2.05, 4.69) is 13.8 Å². The molecule has 0 unspecified atom stereocenters. The fourth-order valence-electron chi connectivity index (χ4n) is 2.51. The molecular weight excluding hydrogens is 272 g/mol. The minimum absolute atomic E-state index is 0.0341. The van der Waals surface area contributed by atoms with E-state index in [0.717, 1.165) is 24.2 Å². The molecule has 1 aliphatic heterocycles. The SMILES string of the molecule is CC1(C)CN(C(=O)c2cc3cc(N)ccc3o2)CCS1. The van der Waals surface area contributed by atoms with Gasteiger partial charge in [0.1, 0.15) is 5.58 Å². The molecule has 2 heterocycles. The van der Waals surface area contributed by atoms with Crippen LogP contribution in [0.3, 0.4) is 0 Å². The van der Waals surface area contributed by atoms with Crippen LogP contribution in [-0.4, -0.2) is 34.4 Å². The molecule has 1 fully saturated rings. The van der Waals surface area contributed by atoms with Gasteiger partial charge in [0.25, 0.3) is 5.91 Å². The van der Waals surface area contributed by atoms with E-state index in [1.807, 2.05) is 22.7 Å². The van der Waals surface area contributed by atoms with Gasteiger partial charge in [-0.1, -0.05) is 0 Å². The van der Waals surface area contributed by atoms with E-state index in [1.165, 1.54) is 0 Å². The lowest BCUT2D eigenvalue weighted by molar-refractivity contribution is 0.0718. The van der Waals surface area contributed by atoms with E-state index in [-0.39, 0.29) is 10.7 Å². The van der Waals surface area contributed by atoms with E-state index < -0.39 is 0 Å². The van der Waals surface area contributed by atoms with Gasteiger partial charge in [-0.15, -0.1) is 0 Å². The molecule has 106 valence electrons. The van der Waals surface area contributed by atoms with Crippen LogP contribution in [0.4, 0.5) is 5.69 Å². The summed E-state index contributed by atoms with van der Waals surface area (Å²) in [6.07, 6.45) is 0. The first-order valence-corrected chi connectivity index (χ1v) is 7.65. The Morgan fingerprint density at radius 2 is 2.20 bits per heavy atom. The molecule has 1 aromatic carbocycles. The van der Waals surface area contributed by atoms with Crippen molar-refractivity contribution in [3.63, 3.8) is 0 Å². The van der Waals surface area contributed by atoms with E-state index in [4.69, 9.17) is 10.2 Å². The molecule has 0 aliphatic carbocycles. The van der Waals surface area contributed by atoms with Crippen LogP contribution in [0.1, 0.15) is 24.4 Å². The van der Waals surface area contributed by atoms with Crippen molar-refractivity contribution in [2.24, 2.45) is 0 Å². The molecule has 4 nitrogen and oxygen atoms in total. The molecule has 1 saturated heterocycles. The third kappa shape index (κ3) is 2.50. The number of rotatable bonds is 1. The number of furan rings is 1. The lowest BCUT2D eigenvalue weighted by Gasteiger charge is -2.37. The van der Waals surface area contributed by atoms with Crippen molar-refractivity contribution in [1.82, 2.24) is 4.90 Å². The first kappa shape index (κ1) is 13.4. The van der Waals surface area contributed by atoms with Crippen molar-refractivity contribution in [3.05, 3.63) is 30.0 Å². The zero-order valence-corrected chi connectivity index (χ0v) is 12.5. The summed E-state index contributed by atoms with van der Waals surface area (Å²) in [6, 6.07) is 7.19. The summed E-state index contributed by atoms with van der Waals surface area (Å²) in [5.74, 6) is 1.33. The smallest absolute Gasteiger partial charge is 0.289 e. The zero-order chi connectivity index (χ0) is 14.3. The summed E-state index contributed by atoms with van der Waals surface area (Å²) in [5.41, 5.74) is 7.12. The van der Waals surface area contributed by atoms with Crippen molar-refractivity contribution < 1.29 is 9.21 Å². The molecule has 2 aromatic rings. The number of carbonyl (C=O) groups is 1. The van der Waals surface area contributed by atoms with Crippen LogP contribution in [0.2, 0.25) is 0 Å². The van der Waals surface area contributed by atoms with Crippen molar-refractivity contribution in [2.45, 2.75) is 18.6 Å². The van der Waals surface area contributed by atoms with Gasteiger partial charge in [0.2, 0.25) is 0 Å². The van der Waals surface area contributed by atoms with Crippen molar-refractivity contribution in [3.8, 4) is 0 Å². The van der Waals surface area contributed by atoms with Crippen LogP contribution in [0.5, 0.6) is 0 Å². The van der Waals surface area contributed by atoms with Gasteiger partial charge in [-0.25, -0.2) is 0 Å². The van der Waals surface area contributed by atoms with Gasteiger partial charge >= 0.3 is 0 Å². The number of nitrogens with zero attached hydrogens (tertiary/aromatic N) is 1. The fourth-order valence-corrected chi connectivity index (χ4v) is 3.62. The van der Waals surface area contributed by atoms with Crippen LogP contribution < -0.4 is 5.73 Å². The largest absolute Gasteiger partial charge is 0.451 e. The highest BCUT2D eigenvalue weighted by Crippen LogP contribution is 2.31. The van der Waals surface area contributed by atoms with E-state index in [1.54, 1.807) is 18.2 Å². The van der Waals surface area contributed by atoms with Crippen LogP contribution in [0.25, 0.3) is 11.0 Å². The average molecular weight is 290 g/mol. The van der Waals surface area contributed by atoms with Gasteiger partial charge in [-0.2, -0.15) is 11.8 Å². The lowest BCUT2D eigenvalue weighted by atomic mass is 10.1. The molecule has 5 heteroatoms. The Hall–Kier alpha value is -1.62. The molecule has 2 N–H and O–H groups in total. The maximum Gasteiger partial charge on any atom is 0.289 e. The van der Waals surface area contributed by atoms with Gasteiger partial charge in [0, 0.05) is 34.7 Å². The molecular formula is C15H18N2O2S. The molecule has 0 spiro atoms. The summed E-state index contributed by atoms with van der Waals surface area (Å²) >= 11 is 1.90. The van der Waals surface area contributed by atoms with Crippen molar-refractivity contribution in [1.29, 1.82) is 0 Å². The highest BCUT2D eigenvalue weighted by atomic mass is 32.2. The molecule has 1 aromatic heterocycles. The Morgan fingerprint density at radius 1 is 1.40 bits per heavy atom. The first-order chi connectivity index (χ1) is 9.44. The quantitative estimate of drug-likeness (QED) is 0.820. The third-order valence-electron chi connectivity index (χ3n) is 3.46. The highest BCUT2D eigenvalue weighted by Gasteiger charge is 2.31. The fraction of sp³-hybridized carbons (Fsp3) is 0.400. The van der Waals surface area contributed by atoms with E-state index >= 15 is 0 Å². The topological polar surface area (TPSA) is 59.5 Å². The van der Waals surface area contributed by atoms with Gasteiger partial charge in [-0.3, -0.25) is 4.79 Å². The van der Waals surface area contributed by atoms with Crippen molar-refractivity contribution in [2.75, 3.05) is 24.6 Å². The number of amides is 1. The number of thioether (sulfide) groups is 1.